The van der Waals surface area contributed by atoms with Gasteiger partial charge in [0.1, 0.15) is 5.82 Å². The molecule has 0 spiro atoms. The average Bonchev–Trinajstić information content (AvgIpc) is 2.51. The summed E-state index contributed by atoms with van der Waals surface area (Å²) in [5, 5.41) is 4.97. The van der Waals surface area contributed by atoms with Crippen LogP contribution >= 0.6 is 11.8 Å². The Kier molecular flexibility index (Phi) is 4.34. The zero-order valence-electron chi connectivity index (χ0n) is 12.4. The van der Waals surface area contributed by atoms with Crippen molar-refractivity contribution in [3.63, 3.8) is 0 Å². The standard InChI is InChI=1S/C17H15FN2O2S/c1-10-6-7-11(18)8-13(10)19-16(21)9-15-17(22)20-12-4-2-3-5-14(12)23-15/h2-8,15H,9H2,1H3,(H,19,21)(H,20,22)/t15-/m1/s1. The maximum atomic E-state index is 13.3. The summed E-state index contributed by atoms with van der Waals surface area (Å²) in [6, 6.07) is 11.7. The summed E-state index contributed by atoms with van der Waals surface area (Å²) in [4.78, 5) is 25.2. The minimum absolute atomic E-state index is 0.0286. The van der Waals surface area contributed by atoms with E-state index in [1.165, 1.54) is 23.9 Å². The zero-order chi connectivity index (χ0) is 16.4. The number of carbonyl (C=O) groups is 2. The predicted octanol–water partition coefficient (Wildman–Crippen LogP) is 3.58. The molecule has 2 N–H and O–H groups in total. The molecule has 1 atom stereocenters. The van der Waals surface area contributed by atoms with E-state index >= 15 is 0 Å². The zero-order valence-corrected chi connectivity index (χ0v) is 13.2. The number of thioether (sulfide) groups is 1. The van der Waals surface area contributed by atoms with Crippen LogP contribution in [0.25, 0.3) is 0 Å². The first-order valence-corrected chi connectivity index (χ1v) is 8.03. The fourth-order valence-corrected chi connectivity index (χ4v) is 3.44. The quantitative estimate of drug-likeness (QED) is 0.904. The van der Waals surface area contributed by atoms with Crippen molar-refractivity contribution in [3.05, 3.63) is 53.8 Å². The number of rotatable bonds is 3. The van der Waals surface area contributed by atoms with E-state index in [9.17, 15) is 14.0 Å². The fourth-order valence-electron chi connectivity index (χ4n) is 2.33. The van der Waals surface area contributed by atoms with Crippen LogP contribution in [0.1, 0.15) is 12.0 Å². The Bertz CT molecular complexity index is 779. The van der Waals surface area contributed by atoms with Crippen LogP contribution in [0.5, 0.6) is 0 Å². The molecule has 2 amide bonds. The summed E-state index contributed by atoms with van der Waals surface area (Å²) in [5.74, 6) is -0.921. The molecule has 1 heterocycles. The lowest BCUT2D eigenvalue weighted by atomic mass is 10.2. The van der Waals surface area contributed by atoms with Crippen LogP contribution in [-0.2, 0) is 9.59 Å². The molecule has 0 radical (unpaired) electrons. The van der Waals surface area contributed by atoms with E-state index in [1.54, 1.807) is 13.0 Å². The Morgan fingerprint density at radius 3 is 2.91 bits per heavy atom. The van der Waals surface area contributed by atoms with Gasteiger partial charge in [0.2, 0.25) is 11.8 Å². The third kappa shape index (κ3) is 3.53. The van der Waals surface area contributed by atoms with Crippen molar-refractivity contribution in [2.24, 2.45) is 0 Å². The molecule has 0 unspecified atom stereocenters. The minimum atomic E-state index is -0.501. The predicted molar refractivity (Wildman–Crippen MR) is 89.1 cm³/mol. The lowest BCUT2D eigenvalue weighted by Gasteiger charge is -2.23. The molecular formula is C17H15FN2O2S. The van der Waals surface area contributed by atoms with Crippen LogP contribution < -0.4 is 10.6 Å². The van der Waals surface area contributed by atoms with Crippen molar-refractivity contribution in [1.82, 2.24) is 0 Å². The summed E-state index contributed by atoms with van der Waals surface area (Å²) in [6.07, 6.45) is 0.0286. The van der Waals surface area contributed by atoms with Crippen molar-refractivity contribution in [2.45, 2.75) is 23.5 Å². The van der Waals surface area contributed by atoms with Gasteiger partial charge >= 0.3 is 0 Å². The fraction of sp³-hybridized carbons (Fsp3) is 0.176. The summed E-state index contributed by atoms with van der Waals surface area (Å²) < 4.78 is 13.3. The van der Waals surface area contributed by atoms with Crippen LogP contribution in [0.3, 0.4) is 0 Å². The SMILES string of the molecule is Cc1ccc(F)cc1NC(=O)C[C@H]1Sc2ccccc2NC1=O. The van der Waals surface area contributed by atoms with E-state index in [0.29, 0.717) is 5.69 Å². The number of benzene rings is 2. The van der Waals surface area contributed by atoms with E-state index < -0.39 is 11.1 Å². The normalized spacial score (nSPS) is 16.4. The number of amides is 2. The van der Waals surface area contributed by atoms with Gasteiger partial charge in [-0.3, -0.25) is 9.59 Å². The number of carbonyl (C=O) groups excluding carboxylic acids is 2. The number of aryl methyl sites for hydroxylation is 1. The van der Waals surface area contributed by atoms with Crippen LogP contribution in [-0.4, -0.2) is 17.1 Å². The van der Waals surface area contributed by atoms with Gasteiger partial charge in [0.15, 0.2) is 0 Å². The Morgan fingerprint density at radius 2 is 2.09 bits per heavy atom. The Hall–Kier alpha value is -2.34. The molecule has 1 aliphatic heterocycles. The van der Waals surface area contributed by atoms with Crippen molar-refractivity contribution in [2.75, 3.05) is 10.6 Å². The maximum absolute atomic E-state index is 13.3. The van der Waals surface area contributed by atoms with Crippen molar-refractivity contribution >= 4 is 35.0 Å². The molecule has 0 aromatic heterocycles. The molecule has 2 aromatic rings. The second kappa shape index (κ2) is 6.42. The lowest BCUT2D eigenvalue weighted by Crippen LogP contribution is -2.32. The molecule has 0 saturated heterocycles. The van der Waals surface area contributed by atoms with Crippen LogP contribution in [0, 0.1) is 12.7 Å². The Morgan fingerprint density at radius 1 is 1.30 bits per heavy atom. The number of para-hydroxylation sites is 1. The summed E-state index contributed by atoms with van der Waals surface area (Å²) in [6.45, 7) is 1.79. The number of nitrogens with one attached hydrogen (secondary N) is 2. The molecule has 2 aromatic carbocycles. The number of anilines is 2. The molecule has 0 fully saturated rings. The van der Waals surface area contributed by atoms with E-state index in [1.807, 2.05) is 24.3 Å². The first-order chi connectivity index (χ1) is 11.0. The van der Waals surface area contributed by atoms with Gasteiger partial charge in [-0.1, -0.05) is 18.2 Å². The van der Waals surface area contributed by atoms with Gasteiger partial charge in [0.25, 0.3) is 0 Å². The highest BCUT2D eigenvalue weighted by Gasteiger charge is 2.28. The largest absolute Gasteiger partial charge is 0.326 e. The van der Waals surface area contributed by atoms with Crippen LogP contribution in [0.4, 0.5) is 15.8 Å². The third-order valence-corrected chi connectivity index (χ3v) is 4.83. The van der Waals surface area contributed by atoms with Gasteiger partial charge in [-0.05, 0) is 36.8 Å². The lowest BCUT2D eigenvalue weighted by molar-refractivity contribution is -0.120. The molecule has 0 bridgehead atoms. The van der Waals surface area contributed by atoms with Gasteiger partial charge in [0, 0.05) is 17.0 Å². The van der Waals surface area contributed by atoms with E-state index in [-0.39, 0.29) is 18.2 Å². The van der Waals surface area contributed by atoms with E-state index in [2.05, 4.69) is 10.6 Å². The smallest absolute Gasteiger partial charge is 0.238 e. The highest BCUT2D eigenvalue weighted by molar-refractivity contribution is 8.01. The molecule has 118 valence electrons. The van der Waals surface area contributed by atoms with Gasteiger partial charge in [-0.2, -0.15) is 0 Å². The molecule has 23 heavy (non-hydrogen) atoms. The first kappa shape index (κ1) is 15.6. The van der Waals surface area contributed by atoms with E-state index in [0.717, 1.165) is 16.1 Å². The number of fused-ring (bicyclic) bond motifs is 1. The summed E-state index contributed by atoms with van der Waals surface area (Å²) in [5.41, 5.74) is 1.96. The van der Waals surface area contributed by atoms with Gasteiger partial charge in [0.05, 0.1) is 10.9 Å². The van der Waals surface area contributed by atoms with Crippen LogP contribution in [0.15, 0.2) is 47.4 Å². The Labute approximate surface area is 137 Å². The first-order valence-electron chi connectivity index (χ1n) is 7.15. The molecule has 1 aliphatic rings. The van der Waals surface area contributed by atoms with Gasteiger partial charge < -0.3 is 10.6 Å². The summed E-state index contributed by atoms with van der Waals surface area (Å²) >= 11 is 1.36. The number of halogens is 1. The molecule has 0 saturated carbocycles. The van der Waals surface area contributed by atoms with Crippen molar-refractivity contribution < 1.29 is 14.0 Å². The molecule has 4 nitrogen and oxygen atoms in total. The number of hydrogen-bond donors (Lipinski definition) is 2. The van der Waals surface area contributed by atoms with Crippen molar-refractivity contribution in [3.8, 4) is 0 Å². The molecule has 3 rings (SSSR count). The van der Waals surface area contributed by atoms with Gasteiger partial charge in [-0.25, -0.2) is 4.39 Å². The third-order valence-electron chi connectivity index (χ3n) is 3.55. The molecular weight excluding hydrogens is 315 g/mol. The molecule has 6 heteroatoms. The highest BCUT2D eigenvalue weighted by atomic mass is 32.2. The van der Waals surface area contributed by atoms with Crippen LogP contribution in [0.2, 0.25) is 0 Å². The minimum Gasteiger partial charge on any atom is -0.326 e. The summed E-state index contributed by atoms with van der Waals surface area (Å²) in [7, 11) is 0. The van der Waals surface area contributed by atoms with Gasteiger partial charge in [-0.15, -0.1) is 11.8 Å². The topological polar surface area (TPSA) is 58.2 Å². The number of hydrogen-bond acceptors (Lipinski definition) is 3. The van der Waals surface area contributed by atoms with Crippen molar-refractivity contribution in [1.29, 1.82) is 0 Å². The maximum Gasteiger partial charge on any atom is 0.238 e. The monoisotopic (exact) mass is 330 g/mol. The van der Waals surface area contributed by atoms with E-state index in [4.69, 9.17) is 0 Å². The second-order valence-corrected chi connectivity index (χ2v) is 6.55. The molecule has 0 aliphatic carbocycles. The average molecular weight is 330 g/mol. The Balaban J connectivity index is 1.69. The second-order valence-electron chi connectivity index (χ2n) is 5.30. The highest BCUT2D eigenvalue weighted by Crippen LogP contribution is 2.36.